The van der Waals surface area contributed by atoms with Gasteiger partial charge in [0.05, 0.1) is 11.9 Å². The topological polar surface area (TPSA) is 69.0 Å². The molecule has 3 aromatic rings. The number of benzene rings is 2. The van der Waals surface area contributed by atoms with E-state index in [1.807, 2.05) is 53.1 Å². The number of nitrogens with zero attached hydrogens (tertiary/aromatic N) is 3. The number of carbonyl (C=O) groups is 1. The van der Waals surface area contributed by atoms with Crippen molar-refractivity contribution in [2.24, 2.45) is 0 Å². The fourth-order valence-electron chi connectivity index (χ4n) is 3.19. The Morgan fingerprint density at radius 3 is 2.47 bits per heavy atom. The molecule has 0 aliphatic carbocycles. The minimum absolute atomic E-state index is 0.0609. The highest BCUT2D eigenvalue weighted by molar-refractivity contribution is 7.99. The molecule has 30 heavy (non-hydrogen) atoms. The molecular formula is C21H20Cl2N4O2S. The molecule has 2 aromatic carbocycles. The average molecular weight is 463 g/mol. The van der Waals surface area contributed by atoms with Crippen LogP contribution in [0.5, 0.6) is 0 Å². The van der Waals surface area contributed by atoms with Crippen LogP contribution in [-0.2, 0) is 9.53 Å². The molecule has 4 rings (SSSR count). The Morgan fingerprint density at radius 1 is 1.10 bits per heavy atom. The van der Waals surface area contributed by atoms with E-state index < -0.39 is 0 Å². The summed E-state index contributed by atoms with van der Waals surface area (Å²) in [7, 11) is 0. The highest BCUT2D eigenvalue weighted by atomic mass is 35.5. The number of hydrogen-bond acceptors (Lipinski definition) is 5. The number of rotatable bonds is 7. The third-order valence-electron chi connectivity index (χ3n) is 4.70. The van der Waals surface area contributed by atoms with Gasteiger partial charge in [-0.3, -0.25) is 9.36 Å². The van der Waals surface area contributed by atoms with Crippen LogP contribution in [0.1, 0.15) is 12.8 Å². The maximum atomic E-state index is 12.3. The summed E-state index contributed by atoms with van der Waals surface area (Å²) >= 11 is 13.4. The standard InChI is InChI=1S/C21H20Cl2N4O2S/c22-15-5-3-14(4-6-15)20-25-26-21(27(20)17-9-7-16(23)8-10-17)30-13-19(28)24-12-18-2-1-11-29-18/h3-10,18H,1-2,11-13H2,(H,24,28)/t18-/m0/s1. The molecule has 1 aromatic heterocycles. The molecule has 6 nitrogen and oxygen atoms in total. The van der Waals surface area contributed by atoms with Crippen molar-refractivity contribution in [3.63, 3.8) is 0 Å². The maximum absolute atomic E-state index is 12.3. The van der Waals surface area contributed by atoms with Gasteiger partial charge in [0, 0.05) is 34.4 Å². The van der Waals surface area contributed by atoms with Crippen molar-refractivity contribution >= 4 is 40.9 Å². The molecule has 0 radical (unpaired) electrons. The molecule has 1 aliphatic rings. The number of aromatic nitrogens is 3. The normalized spacial score (nSPS) is 16.0. The molecule has 1 fully saturated rings. The van der Waals surface area contributed by atoms with Crippen LogP contribution >= 0.6 is 35.0 Å². The van der Waals surface area contributed by atoms with E-state index in [0.717, 1.165) is 30.7 Å². The number of ether oxygens (including phenoxy) is 1. The van der Waals surface area contributed by atoms with E-state index in [-0.39, 0.29) is 17.8 Å². The van der Waals surface area contributed by atoms with Crippen molar-refractivity contribution in [2.75, 3.05) is 18.9 Å². The summed E-state index contributed by atoms with van der Waals surface area (Å²) in [6.07, 6.45) is 2.16. The zero-order valence-corrected chi connectivity index (χ0v) is 18.4. The van der Waals surface area contributed by atoms with Crippen LogP contribution in [0.25, 0.3) is 17.1 Å². The van der Waals surface area contributed by atoms with Crippen LogP contribution in [0.4, 0.5) is 0 Å². The fourth-order valence-corrected chi connectivity index (χ4v) is 4.22. The number of halogens is 2. The summed E-state index contributed by atoms with van der Waals surface area (Å²) in [5.41, 5.74) is 1.73. The maximum Gasteiger partial charge on any atom is 0.230 e. The minimum atomic E-state index is -0.0609. The first kappa shape index (κ1) is 21.2. The average Bonchev–Trinajstić information content (AvgIpc) is 3.42. The predicted molar refractivity (Wildman–Crippen MR) is 120 cm³/mol. The Kier molecular flexibility index (Phi) is 6.94. The first-order valence-electron chi connectivity index (χ1n) is 9.58. The molecule has 1 aliphatic heterocycles. The number of amides is 1. The molecule has 1 amide bonds. The summed E-state index contributed by atoms with van der Waals surface area (Å²) in [4.78, 5) is 12.3. The van der Waals surface area contributed by atoms with Gasteiger partial charge >= 0.3 is 0 Å². The minimum Gasteiger partial charge on any atom is -0.376 e. The van der Waals surface area contributed by atoms with Crippen molar-refractivity contribution in [3.05, 3.63) is 58.6 Å². The third kappa shape index (κ3) is 5.16. The van der Waals surface area contributed by atoms with E-state index in [1.165, 1.54) is 11.8 Å². The summed E-state index contributed by atoms with van der Waals surface area (Å²) in [5.74, 6) is 0.837. The summed E-state index contributed by atoms with van der Waals surface area (Å²) in [5, 5.41) is 13.5. The van der Waals surface area contributed by atoms with Crippen molar-refractivity contribution < 1.29 is 9.53 Å². The molecule has 1 atom stereocenters. The third-order valence-corrected chi connectivity index (χ3v) is 6.14. The van der Waals surface area contributed by atoms with Gasteiger partial charge in [-0.1, -0.05) is 35.0 Å². The van der Waals surface area contributed by atoms with Gasteiger partial charge in [0.25, 0.3) is 0 Å². The molecule has 0 spiro atoms. The molecule has 0 saturated carbocycles. The lowest BCUT2D eigenvalue weighted by molar-refractivity contribution is -0.119. The van der Waals surface area contributed by atoms with E-state index in [2.05, 4.69) is 15.5 Å². The van der Waals surface area contributed by atoms with Crippen molar-refractivity contribution in [3.8, 4) is 17.1 Å². The zero-order chi connectivity index (χ0) is 20.9. The van der Waals surface area contributed by atoms with Gasteiger partial charge in [-0.15, -0.1) is 10.2 Å². The van der Waals surface area contributed by atoms with E-state index in [0.29, 0.717) is 27.6 Å². The second-order valence-electron chi connectivity index (χ2n) is 6.85. The van der Waals surface area contributed by atoms with Crippen LogP contribution in [-0.4, -0.2) is 45.7 Å². The van der Waals surface area contributed by atoms with E-state index in [1.54, 1.807) is 0 Å². The quantitative estimate of drug-likeness (QED) is 0.518. The van der Waals surface area contributed by atoms with Gasteiger partial charge in [-0.25, -0.2) is 0 Å². The smallest absolute Gasteiger partial charge is 0.230 e. The van der Waals surface area contributed by atoms with E-state index in [4.69, 9.17) is 27.9 Å². The Morgan fingerprint density at radius 2 is 1.80 bits per heavy atom. The van der Waals surface area contributed by atoms with E-state index in [9.17, 15) is 4.79 Å². The highest BCUT2D eigenvalue weighted by Crippen LogP contribution is 2.29. The van der Waals surface area contributed by atoms with Crippen LogP contribution in [0.2, 0.25) is 10.0 Å². The van der Waals surface area contributed by atoms with Gasteiger partial charge in [-0.05, 0) is 61.4 Å². The Bertz CT molecular complexity index is 1000. The Hall–Kier alpha value is -2.06. The number of hydrogen-bond donors (Lipinski definition) is 1. The largest absolute Gasteiger partial charge is 0.376 e. The number of nitrogens with one attached hydrogen (secondary N) is 1. The molecule has 156 valence electrons. The molecule has 0 bridgehead atoms. The lowest BCUT2D eigenvalue weighted by Gasteiger charge is -2.12. The molecule has 0 unspecified atom stereocenters. The highest BCUT2D eigenvalue weighted by Gasteiger charge is 2.19. The van der Waals surface area contributed by atoms with Crippen molar-refractivity contribution in [2.45, 2.75) is 24.1 Å². The Balaban J connectivity index is 1.54. The fraction of sp³-hybridized carbons (Fsp3) is 0.286. The SMILES string of the molecule is O=C(CSc1nnc(-c2ccc(Cl)cc2)n1-c1ccc(Cl)cc1)NC[C@@H]1CCCO1. The second-order valence-corrected chi connectivity index (χ2v) is 8.67. The van der Waals surface area contributed by atoms with E-state index >= 15 is 0 Å². The van der Waals surface area contributed by atoms with Crippen LogP contribution in [0.3, 0.4) is 0 Å². The first-order valence-corrected chi connectivity index (χ1v) is 11.3. The molecule has 1 N–H and O–H groups in total. The summed E-state index contributed by atoms with van der Waals surface area (Å²) in [6.45, 7) is 1.31. The predicted octanol–water partition coefficient (Wildman–Crippen LogP) is 4.63. The summed E-state index contributed by atoms with van der Waals surface area (Å²) < 4.78 is 7.46. The Labute approximate surface area is 188 Å². The number of thioether (sulfide) groups is 1. The number of carbonyl (C=O) groups excluding carboxylic acids is 1. The van der Waals surface area contributed by atoms with Gasteiger partial charge in [-0.2, -0.15) is 0 Å². The molecule has 9 heteroatoms. The molecular weight excluding hydrogens is 443 g/mol. The van der Waals surface area contributed by atoms with Gasteiger partial charge in [0.1, 0.15) is 0 Å². The summed E-state index contributed by atoms with van der Waals surface area (Å²) in [6, 6.07) is 14.8. The lowest BCUT2D eigenvalue weighted by atomic mass is 10.2. The zero-order valence-electron chi connectivity index (χ0n) is 16.1. The molecule has 2 heterocycles. The monoisotopic (exact) mass is 462 g/mol. The van der Waals surface area contributed by atoms with Crippen molar-refractivity contribution in [1.29, 1.82) is 0 Å². The van der Waals surface area contributed by atoms with Gasteiger partial charge in [0.15, 0.2) is 11.0 Å². The lowest BCUT2D eigenvalue weighted by Crippen LogP contribution is -2.32. The van der Waals surface area contributed by atoms with Crippen LogP contribution in [0.15, 0.2) is 53.7 Å². The first-order chi connectivity index (χ1) is 14.6. The van der Waals surface area contributed by atoms with Crippen LogP contribution in [0, 0.1) is 0 Å². The van der Waals surface area contributed by atoms with Gasteiger partial charge < -0.3 is 10.1 Å². The van der Waals surface area contributed by atoms with Crippen molar-refractivity contribution in [1.82, 2.24) is 20.1 Å². The van der Waals surface area contributed by atoms with Crippen LogP contribution < -0.4 is 5.32 Å². The second kappa shape index (κ2) is 9.83. The van der Waals surface area contributed by atoms with Gasteiger partial charge in [0.2, 0.25) is 5.91 Å². The molecule has 1 saturated heterocycles.